The summed E-state index contributed by atoms with van der Waals surface area (Å²) in [4.78, 5) is 2.16. The van der Waals surface area contributed by atoms with Gasteiger partial charge >= 0.3 is 0 Å². The maximum atomic E-state index is 13.1. The van der Waals surface area contributed by atoms with Crippen molar-refractivity contribution in [2.24, 2.45) is 0 Å². The van der Waals surface area contributed by atoms with Gasteiger partial charge in [0, 0.05) is 19.6 Å². The third kappa shape index (κ3) is 3.97. The predicted molar refractivity (Wildman–Crippen MR) is 83.7 cm³/mol. The largest absolute Gasteiger partial charge is 0.492 e. The number of para-hydroxylation sites is 1. The summed E-state index contributed by atoms with van der Waals surface area (Å²) < 4.78 is 19.2. The van der Waals surface area contributed by atoms with Crippen molar-refractivity contribution < 1.29 is 9.13 Å². The molecule has 2 nitrogen and oxygen atoms in total. The van der Waals surface area contributed by atoms with E-state index in [1.807, 2.05) is 0 Å². The molecule has 1 saturated heterocycles. The summed E-state index contributed by atoms with van der Waals surface area (Å²) in [7, 11) is 0. The molecule has 2 aliphatic rings. The first-order valence-electron chi connectivity index (χ1n) is 8.41. The summed E-state index contributed by atoms with van der Waals surface area (Å²) in [6, 6.07) is 8.48. The van der Waals surface area contributed by atoms with Gasteiger partial charge in [-0.2, -0.15) is 0 Å². The van der Waals surface area contributed by atoms with Gasteiger partial charge in [0.2, 0.25) is 0 Å². The minimum absolute atomic E-state index is 0.577. The second-order valence-corrected chi connectivity index (χ2v) is 6.41. The van der Waals surface area contributed by atoms with E-state index in [0.29, 0.717) is 25.5 Å². The lowest BCUT2D eigenvalue weighted by Gasteiger charge is -2.24. The molecule has 0 amide bonds. The average molecular weight is 291 g/mol. The fraction of sp³-hybridized carbons (Fsp3) is 0.667. The average Bonchev–Trinajstić information content (AvgIpc) is 2.94. The molecule has 0 aromatic heterocycles. The first-order valence-corrected chi connectivity index (χ1v) is 8.41. The SMILES string of the molecule is F[C@@H]1CCN(CCOc2ccccc2C2CCCCC2)C1. The van der Waals surface area contributed by atoms with Crippen LogP contribution in [-0.2, 0) is 0 Å². The number of ether oxygens (including phenoxy) is 1. The lowest BCUT2D eigenvalue weighted by molar-refractivity contribution is 0.222. The molecule has 0 N–H and O–H groups in total. The van der Waals surface area contributed by atoms with Gasteiger partial charge in [-0.1, -0.05) is 37.5 Å². The molecular weight excluding hydrogens is 265 g/mol. The highest BCUT2D eigenvalue weighted by atomic mass is 19.1. The van der Waals surface area contributed by atoms with E-state index in [-0.39, 0.29) is 0 Å². The minimum atomic E-state index is -0.639. The van der Waals surface area contributed by atoms with Crippen molar-refractivity contribution in [3.8, 4) is 5.75 Å². The summed E-state index contributed by atoms with van der Waals surface area (Å²) in [5, 5.41) is 0. The number of nitrogens with zero attached hydrogens (tertiary/aromatic N) is 1. The van der Waals surface area contributed by atoms with Gasteiger partial charge in [0.25, 0.3) is 0 Å². The Morgan fingerprint density at radius 1 is 1.10 bits per heavy atom. The van der Waals surface area contributed by atoms with Crippen LogP contribution in [0.3, 0.4) is 0 Å². The Balaban J connectivity index is 1.54. The van der Waals surface area contributed by atoms with Crippen LogP contribution < -0.4 is 4.74 Å². The van der Waals surface area contributed by atoms with E-state index < -0.39 is 6.17 Å². The van der Waals surface area contributed by atoms with Crippen LogP contribution in [0.25, 0.3) is 0 Å². The summed E-state index contributed by atoms with van der Waals surface area (Å²) in [5.74, 6) is 1.71. The molecule has 3 heteroatoms. The second-order valence-electron chi connectivity index (χ2n) is 6.41. The van der Waals surface area contributed by atoms with Crippen LogP contribution >= 0.6 is 0 Å². The van der Waals surface area contributed by atoms with Gasteiger partial charge in [-0.05, 0) is 36.8 Å². The van der Waals surface area contributed by atoms with Crippen molar-refractivity contribution in [2.75, 3.05) is 26.2 Å². The maximum absolute atomic E-state index is 13.1. The molecule has 0 radical (unpaired) electrons. The van der Waals surface area contributed by atoms with Crippen LogP contribution in [0.15, 0.2) is 24.3 Å². The Bertz CT molecular complexity index is 445. The van der Waals surface area contributed by atoms with Crippen molar-refractivity contribution in [2.45, 2.75) is 50.6 Å². The molecule has 116 valence electrons. The zero-order valence-electron chi connectivity index (χ0n) is 12.8. The molecule has 0 spiro atoms. The molecule has 1 saturated carbocycles. The van der Waals surface area contributed by atoms with Crippen LogP contribution in [0.5, 0.6) is 5.75 Å². The van der Waals surface area contributed by atoms with Crippen LogP contribution in [-0.4, -0.2) is 37.3 Å². The van der Waals surface area contributed by atoms with Crippen LogP contribution in [0.1, 0.15) is 50.0 Å². The van der Waals surface area contributed by atoms with E-state index in [1.165, 1.54) is 37.7 Å². The van der Waals surface area contributed by atoms with Crippen molar-refractivity contribution in [1.82, 2.24) is 4.90 Å². The summed E-state index contributed by atoms with van der Waals surface area (Å²) in [6.07, 6.45) is 6.67. The Hall–Kier alpha value is -1.09. The van der Waals surface area contributed by atoms with Gasteiger partial charge in [-0.15, -0.1) is 0 Å². The van der Waals surface area contributed by atoms with Crippen molar-refractivity contribution >= 4 is 0 Å². The molecule has 1 heterocycles. The van der Waals surface area contributed by atoms with Crippen LogP contribution in [0.4, 0.5) is 4.39 Å². The molecule has 1 aliphatic carbocycles. The van der Waals surface area contributed by atoms with E-state index in [9.17, 15) is 4.39 Å². The van der Waals surface area contributed by atoms with Crippen LogP contribution in [0, 0.1) is 0 Å². The topological polar surface area (TPSA) is 12.5 Å². The Morgan fingerprint density at radius 2 is 1.90 bits per heavy atom. The Labute approximate surface area is 127 Å². The quantitative estimate of drug-likeness (QED) is 0.808. The van der Waals surface area contributed by atoms with Gasteiger partial charge in [0.15, 0.2) is 0 Å². The highest BCUT2D eigenvalue weighted by Gasteiger charge is 2.22. The molecule has 1 aromatic carbocycles. The van der Waals surface area contributed by atoms with Gasteiger partial charge in [-0.25, -0.2) is 4.39 Å². The lowest BCUT2D eigenvalue weighted by Crippen LogP contribution is -2.26. The van der Waals surface area contributed by atoms with Gasteiger partial charge in [0.1, 0.15) is 18.5 Å². The van der Waals surface area contributed by atoms with Crippen LogP contribution in [0.2, 0.25) is 0 Å². The van der Waals surface area contributed by atoms with E-state index in [1.54, 1.807) is 0 Å². The Kier molecular flexibility index (Phi) is 5.13. The van der Waals surface area contributed by atoms with Crippen molar-refractivity contribution in [3.63, 3.8) is 0 Å². The second kappa shape index (κ2) is 7.26. The van der Waals surface area contributed by atoms with Gasteiger partial charge in [-0.3, -0.25) is 4.90 Å². The standard InChI is InChI=1S/C18H26FNO/c19-16-10-11-20(14-16)12-13-21-18-9-5-4-8-17(18)15-6-2-1-3-7-15/h4-5,8-9,15-16H,1-3,6-7,10-14H2/t16-/m1/s1. The Morgan fingerprint density at radius 3 is 2.67 bits per heavy atom. The molecule has 2 fully saturated rings. The normalized spacial score (nSPS) is 24.3. The zero-order chi connectivity index (χ0) is 14.5. The number of hydrogen-bond donors (Lipinski definition) is 0. The van der Waals surface area contributed by atoms with Gasteiger partial charge < -0.3 is 4.74 Å². The number of likely N-dealkylation sites (tertiary alicyclic amines) is 1. The maximum Gasteiger partial charge on any atom is 0.122 e. The number of hydrogen-bond acceptors (Lipinski definition) is 2. The van der Waals surface area contributed by atoms with Gasteiger partial charge in [0.05, 0.1) is 0 Å². The zero-order valence-corrected chi connectivity index (χ0v) is 12.8. The molecule has 1 atom stereocenters. The first-order chi connectivity index (χ1) is 10.3. The molecule has 0 unspecified atom stereocenters. The predicted octanol–water partition coefficient (Wildman–Crippen LogP) is 4.16. The summed E-state index contributed by atoms with van der Waals surface area (Å²) in [6.45, 7) is 2.94. The molecule has 3 rings (SSSR count). The first kappa shape index (κ1) is 14.8. The van der Waals surface area contributed by atoms with E-state index in [0.717, 1.165) is 18.8 Å². The van der Waals surface area contributed by atoms with Crippen molar-refractivity contribution in [1.29, 1.82) is 0 Å². The summed E-state index contributed by atoms with van der Waals surface area (Å²) in [5.41, 5.74) is 1.38. The number of benzene rings is 1. The van der Waals surface area contributed by atoms with Crippen molar-refractivity contribution in [3.05, 3.63) is 29.8 Å². The molecule has 21 heavy (non-hydrogen) atoms. The fourth-order valence-corrected chi connectivity index (χ4v) is 3.64. The number of rotatable bonds is 5. The third-order valence-corrected chi connectivity index (χ3v) is 4.84. The number of halogens is 1. The third-order valence-electron chi connectivity index (χ3n) is 4.84. The van der Waals surface area contributed by atoms with E-state index >= 15 is 0 Å². The summed E-state index contributed by atoms with van der Waals surface area (Å²) >= 11 is 0. The monoisotopic (exact) mass is 291 g/mol. The molecule has 1 aromatic rings. The highest BCUT2D eigenvalue weighted by Crippen LogP contribution is 2.37. The molecule has 0 bridgehead atoms. The number of alkyl halides is 1. The minimum Gasteiger partial charge on any atom is -0.492 e. The molecular formula is C18H26FNO. The smallest absolute Gasteiger partial charge is 0.122 e. The van der Waals surface area contributed by atoms with E-state index in [4.69, 9.17) is 4.74 Å². The molecule has 1 aliphatic heterocycles. The lowest BCUT2D eigenvalue weighted by atomic mass is 9.84. The highest BCUT2D eigenvalue weighted by molar-refractivity contribution is 5.36. The fourth-order valence-electron chi connectivity index (χ4n) is 3.64. The van der Waals surface area contributed by atoms with E-state index in [2.05, 4.69) is 29.2 Å².